The minimum Gasteiger partial charge on any atom is -0.458 e. The lowest BCUT2D eigenvalue weighted by Crippen LogP contribution is -2.54. The third kappa shape index (κ3) is 2.97. The first kappa shape index (κ1) is 10.5. The average Bonchev–Trinajstić information content (AvgIpc) is 1.78. The number of aliphatic hydroxyl groups is 1. The predicted molar refractivity (Wildman–Crippen MR) is 48.3 cm³/mol. The van der Waals surface area contributed by atoms with Gasteiger partial charge in [0.25, 0.3) is 0 Å². The Kier molecular flexibility index (Phi) is 2.93. The predicted octanol–water partition coefficient (Wildman–Crippen LogP) is 0.0509. The second-order valence-electron chi connectivity index (χ2n) is 4.33. The van der Waals surface area contributed by atoms with Crippen LogP contribution in [0.5, 0.6) is 0 Å². The molecule has 2 N–H and O–H groups in total. The van der Waals surface area contributed by atoms with Gasteiger partial charge in [0.15, 0.2) is 6.10 Å². The Hall–Kier alpha value is -0.610. The van der Waals surface area contributed by atoms with Gasteiger partial charge < -0.3 is 15.2 Å². The summed E-state index contributed by atoms with van der Waals surface area (Å²) in [7, 11) is 0. The van der Waals surface area contributed by atoms with Crippen molar-refractivity contribution in [3.05, 3.63) is 0 Å². The molecular formula is C9H17NO3. The molecule has 0 aromatic rings. The van der Waals surface area contributed by atoms with Crippen LogP contribution in [0, 0.1) is 0 Å². The van der Waals surface area contributed by atoms with Crippen LogP contribution in [0.25, 0.3) is 0 Å². The van der Waals surface area contributed by atoms with E-state index in [0.717, 1.165) is 13.0 Å². The first-order chi connectivity index (χ1) is 5.90. The summed E-state index contributed by atoms with van der Waals surface area (Å²) in [6, 6.07) is -0.116. The van der Waals surface area contributed by atoms with Crippen molar-refractivity contribution >= 4 is 5.97 Å². The highest BCUT2D eigenvalue weighted by molar-refractivity contribution is 5.75. The molecule has 2 unspecified atom stereocenters. The molecule has 1 fully saturated rings. The molecule has 0 spiro atoms. The fourth-order valence-corrected chi connectivity index (χ4v) is 1.11. The molecule has 0 radical (unpaired) electrons. The summed E-state index contributed by atoms with van der Waals surface area (Å²) in [6.45, 7) is 6.22. The minimum atomic E-state index is -1.02. The second-order valence-corrected chi connectivity index (χ2v) is 4.33. The van der Waals surface area contributed by atoms with E-state index in [1.807, 2.05) is 0 Å². The van der Waals surface area contributed by atoms with Crippen LogP contribution in [0.15, 0.2) is 0 Å². The summed E-state index contributed by atoms with van der Waals surface area (Å²) in [5.74, 6) is -0.537. The molecule has 0 aromatic carbocycles. The lowest BCUT2D eigenvalue weighted by Gasteiger charge is -2.32. The van der Waals surface area contributed by atoms with Gasteiger partial charge in [-0.1, -0.05) is 0 Å². The molecule has 0 aromatic heterocycles. The van der Waals surface area contributed by atoms with Crippen LogP contribution in [-0.4, -0.2) is 35.4 Å². The van der Waals surface area contributed by atoms with Crippen LogP contribution in [0.2, 0.25) is 0 Å². The van der Waals surface area contributed by atoms with Crippen molar-refractivity contribution in [3.8, 4) is 0 Å². The van der Waals surface area contributed by atoms with Gasteiger partial charge in [0.05, 0.1) is 0 Å². The Morgan fingerprint density at radius 3 is 2.46 bits per heavy atom. The van der Waals surface area contributed by atoms with Crippen LogP contribution in [-0.2, 0) is 9.53 Å². The number of nitrogens with one attached hydrogen (secondary N) is 1. The van der Waals surface area contributed by atoms with Crippen LogP contribution < -0.4 is 5.32 Å². The van der Waals surface area contributed by atoms with Crippen molar-refractivity contribution in [1.82, 2.24) is 5.32 Å². The molecule has 0 amide bonds. The summed E-state index contributed by atoms with van der Waals surface area (Å²) in [5.41, 5.74) is -0.526. The van der Waals surface area contributed by atoms with Crippen LogP contribution in [0.3, 0.4) is 0 Å². The van der Waals surface area contributed by atoms with Crippen LogP contribution >= 0.6 is 0 Å². The zero-order valence-corrected chi connectivity index (χ0v) is 8.33. The third-order valence-electron chi connectivity index (χ3n) is 1.89. The van der Waals surface area contributed by atoms with Crippen molar-refractivity contribution in [1.29, 1.82) is 0 Å². The zero-order valence-electron chi connectivity index (χ0n) is 8.33. The number of hydrogen-bond acceptors (Lipinski definition) is 4. The van der Waals surface area contributed by atoms with Gasteiger partial charge in [-0.2, -0.15) is 0 Å². The average molecular weight is 187 g/mol. The Bertz CT molecular complexity index is 194. The summed E-state index contributed by atoms with van der Waals surface area (Å²) < 4.78 is 5.03. The topological polar surface area (TPSA) is 58.6 Å². The molecule has 76 valence electrons. The molecular weight excluding hydrogens is 170 g/mol. The molecule has 1 aliphatic rings. The van der Waals surface area contributed by atoms with Gasteiger partial charge in [0.2, 0.25) is 0 Å². The lowest BCUT2D eigenvalue weighted by atomic mass is 10.0. The molecule has 4 nitrogen and oxygen atoms in total. The standard InChI is InChI=1S/C9H17NO3/c1-9(2,3)13-8(12)7(11)6-4-5-10-6/h6-7,10-11H,4-5H2,1-3H3. The Balaban J connectivity index is 2.38. The first-order valence-corrected chi connectivity index (χ1v) is 4.54. The molecule has 2 atom stereocenters. The highest BCUT2D eigenvalue weighted by Gasteiger charge is 2.33. The number of hydrogen-bond donors (Lipinski definition) is 2. The lowest BCUT2D eigenvalue weighted by molar-refractivity contribution is -0.167. The van der Waals surface area contributed by atoms with E-state index >= 15 is 0 Å². The molecule has 0 aliphatic carbocycles. The van der Waals surface area contributed by atoms with E-state index < -0.39 is 17.7 Å². The number of aliphatic hydroxyl groups excluding tert-OH is 1. The molecule has 1 heterocycles. The Morgan fingerprint density at radius 1 is 1.62 bits per heavy atom. The van der Waals surface area contributed by atoms with Crippen LogP contribution in [0.1, 0.15) is 27.2 Å². The van der Waals surface area contributed by atoms with Gasteiger partial charge in [-0.05, 0) is 33.7 Å². The second kappa shape index (κ2) is 3.64. The third-order valence-corrected chi connectivity index (χ3v) is 1.89. The maximum atomic E-state index is 11.3. The number of carbonyl (C=O) groups excluding carboxylic acids is 1. The number of esters is 1. The molecule has 4 heteroatoms. The summed E-state index contributed by atoms with van der Waals surface area (Å²) >= 11 is 0. The number of ether oxygens (including phenoxy) is 1. The largest absolute Gasteiger partial charge is 0.458 e. The van der Waals surface area contributed by atoms with E-state index in [1.165, 1.54) is 0 Å². The van der Waals surface area contributed by atoms with Crippen molar-refractivity contribution in [2.45, 2.75) is 44.9 Å². The van der Waals surface area contributed by atoms with E-state index in [1.54, 1.807) is 20.8 Å². The monoisotopic (exact) mass is 187 g/mol. The number of carbonyl (C=O) groups is 1. The summed E-state index contributed by atoms with van der Waals surface area (Å²) in [4.78, 5) is 11.3. The Morgan fingerprint density at radius 2 is 2.15 bits per heavy atom. The van der Waals surface area contributed by atoms with Crippen molar-refractivity contribution < 1.29 is 14.6 Å². The van der Waals surface area contributed by atoms with Crippen molar-refractivity contribution in [2.24, 2.45) is 0 Å². The maximum absolute atomic E-state index is 11.3. The normalized spacial score (nSPS) is 24.8. The minimum absolute atomic E-state index is 0.116. The van der Waals surface area contributed by atoms with Gasteiger partial charge in [0.1, 0.15) is 5.60 Å². The maximum Gasteiger partial charge on any atom is 0.337 e. The molecule has 0 bridgehead atoms. The molecule has 1 saturated heterocycles. The molecule has 13 heavy (non-hydrogen) atoms. The van der Waals surface area contributed by atoms with Gasteiger partial charge in [0, 0.05) is 6.04 Å². The van der Waals surface area contributed by atoms with E-state index in [0.29, 0.717) is 0 Å². The van der Waals surface area contributed by atoms with Gasteiger partial charge in [-0.15, -0.1) is 0 Å². The van der Waals surface area contributed by atoms with Crippen molar-refractivity contribution in [2.75, 3.05) is 6.54 Å². The molecule has 1 aliphatic heterocycles. The fraction of sp³-hybridized carbons (Fsp3) is 0.889. The molecule has 0 saturated carbocycles. The van der Waals surface area contributed by atoms with E-state index in [4.69, 9.17) is 4.74 Å². The van der Waals surface area contributed by atoms with E-state index in [-0.39, 0.29) is 6.04 Å². The summed E-state index contributed by atoms with van der Waals surface area (Å²) in [6.07, 6.45) is -0.187. The van der Waals surface area contributed by atoms with Crippen molar-refractivity contribution in [3.63, 3.8) is 0 Å². The fourth-order valence-electron chi connectivity index (χ4n) is 1.11. The van der Waals surface area contributed by atoms with Gasteiger partial charge >= 0.3 is 5.97 Å². The highest BCUT2D eigenvalue weighted by Crippen LogP contribution is 2.13. The van der Waals surface area contributed by atoms with E-state index in [9.17, 15) is 9.90 Å². The molecule has 1 rings (SSSR count). The first-order valence-electron chi connectivity index (χ1n) is 4.54. The zero-order chi connectivity index (χ0) is 10.1. The SMILES string of the molecule is CC(C)(C)OC(=O)C(O)C1CCN1. The van der Waals surface area contributed by atoms with Gasteiger partial charge in [-0.3, -0.25) is 0 Å². The Labute approximate surface area is 78.3 Å². The van der Waals surface area contributed by atoms with E-state index in [2.05, 4.69) is 5.32 Å². The highest BCUT2D eigenvalue weighted by atomic mass is 16.6. The van der Waals surface area contributed by atoms with Crippen LogP contribution in [0.4, 0.5) is 0 Å². The van der Waals surface area contributed by atoms with Gasteiger partial charge in [-0.25, -0.2) is 4.79 Å². The number of rotatable bonds is 2. The smallest absolute Gasteiger partial charge is 0.337 e. The quantitative estimate of drug-likeness (QED) is 0.600. The summed E-state index contributed by atoms with van der Waals surface area (Å²) in [5, 5.41) is 12.4.